The molecule has 0 aromatic carbocycles. The summed E-state index contributed by atoms with van der Waals surface area (Å²) in [6.07, 6.45) is 4.82. The Kier molecular flexibility index (Phi) is 3.10. The zero-order valence-corrected chi connectivity index (χ0v) is 9.20. The van der Waals surface area contributed by atoms with Crippen LogP contribution in [0.3, 0.4) is 0 Å². The number of hydrogen-bond donors (Lipinski definition) is 1. The smallest absolute Gasteiger partial charge is 0.367 e. The van der Waals surface area contributed by atoms with Gasteiger partial charge in [-0.25, -0.2) is 9.97 Å². The van der Waals surface area contributed by atoms with Crippen LogP contribution in [0.15, 0.2) is 18.6 Å². The standard InChI is InChI=1S/C11H9F3N4/c1-2-8-7-18-6-5-16-10(18)9(17-8)15-4-3-11(12,13)14/h1,5-7H,3-4H2,(H,15,17). The van der Waals surface area contributed by atoms with Crippen molar-refractivity contribution in [2.75, 3.05) is 11.9 Å². The van der Waals surface area contributed by atoms with Gasteiger partial charge in [0.25, 0.3) is 0 Å². The van der Waals surface area contributed by atoms with Gasteiger partial charge in [-0.3, -0.25) is 0 Å². The van der Waals surface area contributed by atoms with Gasteiger partial charge in [0.2, 0.25) is 0 Å². The number of aromatic nitrogens is 3. The second kappa shape index (κ2) is 4.56. The van der Waals surface area contributed by atoms with Crippen LogP contribution in [0.25, 0.3) is 5.65 Å². The molecule has 0 amide bonds. The van der Waals surface area contributed by atoms with Gasteiger partial charge in [0.1, 0.15) is 5.69 Å². The second-order valence-electron chi connectivity index (χ2n) is 3.57. The summed E-state index contributed by atoms with van der Waals surface area (Å²) in [7, 11) is 0. The van der Waals surface area contributed by atoms with Crippen LogP contribution in [0.2, 0.25) is 0 Å². The molecule has 0 aliphatic carbocycles. The van der Waals surface area contributed by atoms with Crippen LogP contribution in [0.1, 0.15) is 12.1 Å². The Hall–Kier alpha value is -2.23. The van der Waals surface area contributed by atoms with Crippen LogP contribution in [-0.4, -0.2) is 27.1 Å². The van der Waals surface area contributed by atoms with Crippen LogP contribution in [0.4, 0.5) is 19.0 Å². The van der Waals surface area contributed by atoms with Crippen molar-refractivity contribution in [1.82, 2.24) is 14.4 Å². The van der Waals surface area contributed by atoms with Crippen LogP contribution >= 0.6 is 0 Å². The van der Waals surface area contributed by atoms with Crippen molar-refractivity contribution in [3.05, 3.63) is 24.3 Å². The first-order valence-electron chi connectivity index (χ1n) is 5.10. The van der Waals surface area contributed by atoms with Gasteiger partial charge in [0, 0.05) is 25.1 Å². The molecule has 0 atom stereocenters. The Labute approximate surface area is 101 Å². The van der Waals surface area contributed by atoms with Crippen molar-refractivity contribution in [1.29, 1.82) is 0 Å². The number of nitrogens with one attached hydrogen (secondary N) is 1. The Morgan fingerprint density at radius 2 is 2.22 bits per heavy atom. The molecule has 2 aromatic heterocycles. The fourth-order valence-electron chi connectivity index (χ4n) is 1.44. The molecule has 2 heterocycles. The minimum atomic E-state index is -4.21. The van der Waals surface area contributed by atoms with Crippen LogP contribution in [0, 0.1) is 12.3 Å². The molecule has 0 fully saturated rings. The van der Waals surface area contributed by atoms with Crippen LogP contribution < -0.4 is 5.32 Å². The van der Waals surface area contributed by atoms with E-state index in [2.05, 4.69) is 21.2 Å². The number of terminal acetylenes is 1. The normalized spacial score (nSPS) is 11.4. The Balaban J connectivity index is 2.21. The molecule has 0 radical (unpaired) electrons. The number of halogens is 3. The highest BCUT2D eigenvalue weighted by atomic mass is 19.4. The predicted molar refractivity (Wildman–Crippen MR) is 60.1 cm³/mol. The number of fused-ring (bicyclic) bond motifs is 1. The van der Waals surface area contributed by atoms with Crippen molar-refractivity contribution in [3.8, 4) is 12.3 Å². The maximum Gasteiger partial charge on any atom is 0.390 e. The van der Waals surface area contributed by atoms with Gasteiger partial charge in [0.15, 0.2) is 11.5 Å². The number of rotatable bonds is 3. The summed E-state index contributed by atoms with van der Waals surface area (Å²) in [5.74, 6) is 2.58. The van der Waals surface area contributed by atoms with Gasteiger partial charge >= 0.3 is 6.18 Å². The summed E-state index contributed by atoms with van der Waals surface area (Å²) in [5.41, 5.74) is 0.770. The van der Waals surface area contributed by atoms with Crippen LogP contribution in [0.5, 0.6) is 0 Å². The number of alkyl halides is 3. The molecular weight excluding hydrogens is 245 g/mol. The maximum atomic E-state index is 12.0. The Morgan fingerprint density at radius 3 is 2.89 bits per heavy atom. The summed E-state index contributed by atoms with van der Waals surface area (Å²) in [6.45, 7) is -0.271. The van der Waals surface area contributed by atoms with E-state index in [4.69, 9.17) is 6.42 Å². The maximum absolute atomic E-state index is 12.0. The minimum absolute atomic E-state index is 0.250. The van der Waals surface area contributed by atoms with Crippen molar-refractivity contribution in [3.63, 3.8) is 0 Å². The van der Waals surface area contributed by atoms with Gasteiger partial charge in [0.05, 0.1) is 6.42 Å². The minimum Gasteiger partial charge on any atom is -0.367 e. The van der Waals surface area contributed by atoms with E-state index in [9.17, 15) is 13.2 Å². The topological polar surface area (TPSA) is 42.2 Å². The lowest BCUT2D eigenvalue weighted by Gasteiger charge is -2.09. The molecule has 0 bridgehead atoms. The summed E-state index contributed by atoms with van der Waals surface area (Å²) < 4.78 is 37.7. The molecule has 2 rings (SSSR count). The lowest BCUT2D eigenvalue weighted by atomic mass is 10.4. The second-order valence-corrected chi connectivity index (χ2v) is 3.57. The Morgan fingerprint density at radius 1 is 1.44 bits per heavy atom. The fourth-order valence-corrected chi connectivity index (χ4v) is 1.44. The van der Waals surface area contributed by atoms with E-state index in [1.54, 1.807) is 16.8 Å². The van der Waals surface area contributed by atoms with Crippen molar-refractivity contribution < 1.29 is 13.2 Å². The van der Waals surface area contributed by atoms with E-state index in [1.165, 1.54) is 6.20 Å². The lowest BCUT2D eigenvalue weighted by molar-refractivity contribution is -0.131. The quantitative estimate of drug-likeness (QED) is 0.853. The molecular formula is C11H9F3N4. The average molecular weight is 254 g/mol. The molecule has 2 aromatic rings. The monoisotopic (exact) mass is 254 g/mol. The van der Waals surface area contributed by atoms with Gasteiger partial charge < -0.3 is 9.72 Å². The SMILES string of the molecule is C#Cc1cn2ccnc2c(NCCC(F)(F)F)n1. The number of hydrogen-bond acceptors (Lipinski definition) is 3. The van der Waals surface area contributed by atoms with Crippen molar-refractivity contribution >= 4 is 11.5 Å². The third-order valence-electron chi connectivity index (χ3n) is 2.22. The number of imidazole rings is 1. The van der Waals surface area contributed by atoms with Crippen LogP contribution in [-0.2, 0) is 0 Å². The first-order chi connectivity index (χ1) is 8.49. The van der Waals surface area contributed by atoms with E-state index >= 15 is 0 Å². The van der Waals surface area contributed by atoms with Gasteiger partial charge in [-0.2, -0.15) is 13.2 Å². The zero-order valence-electron chi connectivity index (χ0n) is 9.20. The molecule has 94 valence electrons. The van der Waals surface area contributed by atoms with Crippen molar-refractivity contribution in [2.24, 2.45) is 0 Å². The van der Waals surface area contributed by atoms with E-state index in [-0.39, 0.29) is 12.4 Å². The molecule has 0 saturated heterocycles. The highest BCUT2D eigenvalue weighted by Crippen LogP contribution is 2.20. The molecule has 4 nitrogen and oxygen atoms in total. The zero-order chi connectivity index (χ0) is 13.2. The van der Waals surface area contributed by atoms with Crippen molar-refractivity contribution in [2.45, 2.75) is 12.6 Å². The highest BCUT2D eigenvalue weighted by Gasteiger charge is 2.26. The van der Waals surface area contributed by atoms with E-state index < -0.39 is 12.6 Å². The van der Waals surface area contributed by atoms with E-state index in [0.717, 1.165) is 0 Å². The van der Waals surface area contributed by atoms with Gasteiger partial charge in [-0.1, -0.05) is 0 Å². The summed E-state index contributed by atoms with van der Waals surface area (Å²) in [5, 5.41) is 2.60. The third-order valence-corrected chi connectivity index (χ3v) is 2.22. The summed E-state index contributed by atoms with van der Waals surface area (Å²) in [4.78, 5) is 8.01. The first kappa shape index (κ1) is 12.2. The molecule has 0 spiro atoms. The molecule has 18 heavy (non-hydrogen) atoms. The third kappa shape index (κ3) is 2.71. The fraction of sp³-hybridized carbons (Fsp3) is 0.273. The lowest BCUT2D eigenvalue weighted by Crippen LogP contribution is -2.15. The molecule has 0 aliphatic rings. The molecule has 7 heteroatoms. The van der Waals surface area contributed by atoms with E-state index in [0.29, 0.717) is 11.3 Å². The van der Waals surface area contributed by atoms with E-state index in [1.807, 2.05) is 0 Å². The molecule has 0 saturated carbocycles. The summed E-state index contributed by atoms with van der Waals surface area (Å²) in [6, 6.07) is 0. The number of anilines is 1. The predicted octanol–water partition coefficient (Wildman–Crippen LogP) is 2.07. The van der Waals surface area contributed by atoms with Gasteiger partial charge in [-0.05, 0) is 5.92 Å². The van der Waals surface area contributed by atoms with Gasteiger partial charge in [-0.15, -0.1) is 6.42 Å². The average Bonchev–Trinajstić information content (AvgIpc) is 2.75. The molecule has 0 unspecified atom stereocenters. The molecule has 1 N–H and O–H groups in total. The first-order valence-corrected chi connectivity index (χ1v) is 5.10. The number of nitrogens with zero attached hydrogens (tertiary/aromatic N) is 3. The summed E-state index contributed by atoms with van der Waals surface area (Å²) >= 11 is 0. The molecule has 0 aliphatic heterocycles. The Bertz CT molecular complexity index is 594. The highest BCUT2D eigenvalue weighted by molar-refractivity contribution is 5.63. The largest absolute Gasteiger partial charge is 0.390 e.